The summed E-state index contributed by atoms with van der Waals surface area (Å²) >= 11 is 0. The summed E-state index contributed by atoms with van der Waals surface area (Å²) in [5.41, 5.74) is 1.89. The molecule has 2 atom stereocenters. The number of hydrogen-bond acceptors (Lipinski definition) is 2. The van der Waals surface area contributed by atoms with Gasteiger partial charge in [0.15, 0.2) is 31.2 Å². The van der Waals surface area contributed by atoms with Gasteiger partial charge in [0, 0.05) is 54.1 Å². The first kappa shape index (κ1) is 24.1. The summed E-state index contributed by atoms with van der Waals surface area (Å²) in [5.74, 6) is -3.76. The van der Waals surface area contributed by atoms with Gasteiger partial charge in [0.05, 0.1) is 11.1 Å². The van der Waals surface area contributed by atoms with E-state index in [9.17, 15) is 13.6 Å². The van der Waals surface area contributed by atoms with Gasteiger partial charge in [0.25, 0.3) is 5.69 Å². The minimum Gasteiger partial charge on any atom is -0.443 e. The van der Waals surface area contributed by atoms with Gasteiger partial charge >= 0.3 is 12.1 Å². The van der Waals surface area contributed by atoms with Gasteiger partial charge in [-0.1, -0.05) is 0 Å². The van der Waals surface area contributed by atoms with Crippen molar-refractivity contribution in [2.75, 3.05) is 0 Å². The molecule has 0 N–H and O–H groups in total. The van der Waals surface area contributed by atoms with Crippen LogP contribution in [0.5, 0.6) is 0 Å². The molecule has 5 aromatic rings. The first-order chi connectivity index (χ1) is 19.4. The molecule has 7 rings (SSSR count). The van der Waals surface area contributed by atoms with E-state index >= 15 is 8.78 Å². The van der Waals surface area contributed by atoms with E-state index < -0.39 is 41.5 Å². The van der Waals surface area contributed by atoms with Gasteiger partial charge < -0.3 is 4.74 Å². The number of carbonyl (C=O) groups excluding carboxylic acids is 1. The fourth-order valence-electron chi connectivity index (χ4n) is 5.77. The number of aromatic nitrogens is 3. The molecule has 0 aliphatic carbocycles. The number of carbonyl (C=O) groups is 1. The average Bonchev–Trinajstić information content (AvgIpc) is 3.27. The molecular formula is C31H20F4N3O2+3. The quantitative estimate of drug-likeness (QED) is 0.184. The Bertz CT molecular complexity index is 1860. The number of rotatable bonds is 3. The van der Waals surface area contributed by atoms with Gasteiger partial charge in [-0.3, -0.25) is 0 Å². The molecule has 5 nitrogen and oxygen atoms in total. The van der Waals surface area contributed by atoms with Crippen molar-refractivity contribution in [1.29, 1.82) is 0 Å². The van der Waals surface area contributed by atoms with Crippen molar-refractivity contribution in [3.8, 4) is 22.5 Å². The van der Waals surface area contributed by atoms with E-state index in [0.717, 1.165) is 18.2 Å². The van der Waals surface area contributed by atoms with Gasteiger partial charge in [-0.25, -0.2) is 22.4 Å². The predicted octanol–water partition coefficient (Wildman–Crippen LogP) is 4.76. The normalized spacial score (nSPS) is 17.1. The zero-order valence-electron chi connectivity index (χ0n) is 20.8. The molecule has 9 heteroatoms. The molecule has 40 heavy (non-hydrogen) atoms. The molecule has 0 fully saturated rings. The highest BCUT2D eigenvalue weighted by Crippen LogP contribution is 2.38. The number of hydrogen-bond donors (Lipinski definition) is 0. The van der Waals surface area contributed by atoms with Crippen molar-refractivity contribution in [3.05, 3.63) is 138 Å². The molecular weight excluding hydrogens is 522 g/mol. The van der Waals surface area contributed by atoms with Crippen molar-refractivity contribution in [3.63, 3.8) is 0 Å². The van der Waals surface area contributed by atoms with Crippen LogP contribution in [0.4, 0.5) is 17.6 Å². The second-order valence-corrected chi connectivity index (χ2v) is 9.70. The van der Waals surface area contributed by atoms with Crippen LogP contribution in [0, 0.1) is 23.3 Å². The summed E-state index contributed by atoms with van der Waals surface area (Å²) in [4.78, 5) is 12.8. The monoisotopic (exact) mass is 542 g/mol. The van der Waals surface area contributed by atoms with Crippen LogP contribution in [0.2, 0.25) is 0 Å². The van der Waals surface area contributed by atoms with Crippen LogP contribution in [0.25, 0.3) is 22.5 Å². The van der Waals surface area contributed by atoms with E-state index in [1.807, 2.05) is 0 Å². The lowest BCUT2D eigenvalue weighted by Gasteiger charge is -2.22. The highest BCUT2D eigenvalue weighted by Gasteiger charge is 2.47. The second kappa shape index (κ2) is 9.08. The molecule has 0 saturated carbocycles. The molecule has 0 saturated heterocycles. The lowest BCUT2D eigenvalue weighted by molar-refractivity contribution is -0.920. The molecule has 0 radical (unpaired) electrons. The van der Waals surface area contributed by atoms with Crippen molar-refractivity contribution in [1.82, 2.24) is 0 Å². The van der Waals surface area contributed by atoms with Gasteiger partial charge in [-0.05, 0) is 30.3 Å². The molecule has 0 spiro atoms. The first-order valence-electron chi connectivity index (χ1n) is 12.6. The van der Waals surface area contributed by atoms with E-state index in [0.29, 0.717) is 22.6 Å². The Balaban J connectivity index is 1.45. The van der Waals surface area contributed by atoms with E-state index in [-0.39, 0.29) is 23.2 Å². The van der Waals surface area contributed by atoms with E-state index in [2.05, 4.69) is 0 Å². The maximum Gasteiger partial charge on any atom is 0.404 e. The SMILES string of the molecule is O=C1OC(c2cc(F)cc(F)c2-c2cccc[n+]2C2c3cc(F)cc(F)c3-c3cccc[n+]32)C[n+]2ccccc21. The summed E-state index contributed by atoms with van der Waals surface area (Å²) in [6, 6.07) is 19.4. The van der Waals surface area contributed by atoms with Crippen LogP contribution in [0.15, 0.2) is 97.5 Å². The number of cyclic esters (lactones) is 1. The number of esters is 1. The summed E-state index contributed by atoms with van der Waals surface area (Å²) in [6.45, 7) is 0.144. The molecule has 2 aliphatic rings. The number of pyridine rings is 3. The highest BCUT2D eigenvalue weighted by molar-refractivity contribution is 5.86. The maximum atomic E-state index is 15.8. The zero-order chi connectivity index (χ0) is 27.5. The van der Waals surface area contributed by atoms with Gasteiger partial charge in [-0.15, -0.1) is 9.13 Å². The Labute approximate surface area is 225 Å². The Hall–Kier alpha value is -4.92. The van der Waals surface area contributed by atoms with Crippen LogP contribution in [0.3, 0.4) is 0 Å². The maximum absolute atomic E-state index is 15.8. The molecule has 2 unspecified atom stereocenters. The Morgan fingerprint density at radius 1 is 0.650 bits per heavy atom. The van der Waals surface area contributed by atoms with Crippen molar-refractivity contribution in [2.45, 2.75) is 18.8 Å². The largest absolute Gasteiger partial charge is 0.443 e. The molecule has 2 aromatic carbocycles. The Morgan fingerprint density at radius 2 is 1.18 bits per heavy atom. The van der Waals surface area contributed by atoms with Crippen molar-refractivity contribution in [2.24, 2.45) is 0 Å². The summed E-state index contributed by atoms with van der Waals surface area (Å²) < 4.78 is 70.9. The van der Waals surface area contributed by atoms with Crippen molar-refractivity contribution < 1.29 is 40.8 Å². The minimum atomic E-state index is -0.994. The number of halogens is 4. The smallest absolute Gasteiger partial charge is 0.404 e. The second-order valence-electron chi connectivity index (χ2n) is 9.70. The molecule has 0 amide bonds. The fraction of sp³-hybridized carbons (Fsp3) is 0.0968. The number of fused-ring (bicyclic) bond motifs is 4. The Kier molecular flexibility index (Phi) is 5.48. The average molecular weight is 543 g/mol. The predicted molar refractivity (Wildman–Crippen MR) is 132 cm³/mol. The third-order valence-electron chi connectivity index (χ3n) is 7.38. The third kappa shape index (κ3) is 3.69. The number of nitrogens with zero attached hydrogens (tertiary/aromatic N) is 3. The van der Waals surface area contributed by atoms with E-state index in [1.54, 1.807) is 86.9 Å². The lowest BCUT2D eigenvalue weighted by atomic mass is 9.96. The number of benzene rings is 2. The minimum absolute atomic E-state index is 0.0168. The van der Waals surface area contributed by atoms with E-state index in [1.165, 1.54) is 6.07 Å². The fourth-order valence-corrected chi connectivity index (χ4v) is 5.77. The standard InChI is InChI=1S/C31H20F4N3O2/c32-18-13-20(27-17-36-10-4-1-9-26(36)31(39)40-27)28(22(34)15-18)24-7-2-5-11-37(24)30-21-14-19(33)16-23(35)29(21)25-8-3-6-12-38(25)30/h1-16,27,30H,17H2/q+3. The molecule has 3 aromatic heterocycles. The number of ether oxygens (including phenoxy) is 1. The summed E-state index contributed by atoms with van der Waals surface area (Å²) in [7, 11) is 0. The van der Waals surface area contributed by atoms with Crippen LogP contribution in [-0.4, -0.2) is 5.97 Å². The van der Waals surface area contributed by atoms with Crippen LogP contribution >= 0.6 is 0 Å². The van der Waals surface area contributed by atoms with E-state index in [4.69, 9.17) is 4.74 Å². The van der Waals surface area contributed by atoms with Crippen LogP contribution < -0.4 is 13.7 Å². The molecule has 0 bridgehead atoms. The van der Waals surface area contributed by atoms with Crippen molar-refractivity contribution >= 4 is 5.97 Å². The summed E-state index contributed by atoms with van der Waals surface area (Å²) in [6.07, 6.45) is 3.33. The highest BCUT2D eigenvalue weighted by atomic mass is 19.1. The van der Waals surface area contributed by atoms with Gasteiger partial charge in [0.1, 0.15) is 28.8 Å². The zero-order valence-corrected chi connectivity index (χ0v) is 20.8. The molecule has 2 aliphatic heterocycles. The van der Waals surface area contributed by atoms with Crippen LogP contribution in [-0.2, 0) is 11.3 Å². The van der Waals surface area contributed by atoms with Gasteiger partial charge in [-0.2, -0.15) is 4.57 Å². The first-order valence-corrected chi connectivity index (χ1v) is 12.6. The van der Waals surface area contributed by atoms with Crippen LogP contribution in [0.1, 0.15) is 33.9 Å². The Morgan fingerprint density at radius 3 is 1.80 bits per heavy atom. The van der Waals surface area contributed by atoms with Gasteiger partial charge in [0.2, 0.25) is 11.4 Å². The third-order valence-corrected chi connectivity index (χ3v) is 7.38. The molecule has 5 heterocycles. The lowest BCUT2D eigenvalue weighted by Crippen LogP contribution is -2.57. The topological polar surface area (TPSA) is 37.9 Å². The summed E-state index contributed by atoms with van der Waals surface area (Å²) in [5, 5.41) is 0. The molecule has 196 valence electrons.